The molecule has 0 spiro atoms. The predicted octanol–water partition coefficient (Wildman–Crippen LogP) is 3.37. The number of benzene rings is 2. The number of hydrogen-bond donors (Lipinski definition) is 2. The maximum absolute atomic E-state index is 12.5. The zero-order chi connectivity index (χ0) is 22.8. The molecule has 0 atom stereocenters. The molecule has 2 aromatic carbocycles. The summed E-state index contributed by atoms with van der Waals surface area (Å²) in [6, 6.07) is 13.4. The number of carbonyl (C=O) groups excluding carboxylic acids is 2. The van der Waals surface area contributed by atoms with Crippen molar-refractivity contribution in [2.24, 2.45) is 0 Å². The van der Waals surface area contributed by atoms with Crippen molar-refractivity contribution in [3.05, 3.63) is 53.6 Å². The molecule has 0 heterocycles. The fraction of sp³-hybridized carbons (Fsp3) is 0.417. The molecule has 0 aromatic heterocycles. The Morgan fingerprint density at radius 3 is 2.29 bits per heavy atom. The van der Waals surface area contributed by atoms with Crippen molar-refractivity contribution in [1.82, 2.24) is 10.6 Å². The molecule has 31 heavy (non-hydrogen) atoms. The molecule has 0 aliphatic carbocycles. The summed E-state index contributed by atoms with van der Waals surface area (Å²) >= 11 is 0. The fourth-order valence-electron chi connectivity index (χ4n) is 3.27. The van der Waals surface area contributed by atoms with Crippen LogP contribution in [-0.4, -0.2) is 44.7 Å². The molecule has 7 nitrogen and oxygen atoms in total. The summed E-state index contributed by atoms with van der Waals surface area (Å²) in [6.07, 6.45) is 0. The van der Waals surface area contributed by atoms with E-state index < -0.39 is 0 Å². The van der Waals surface area contributed by atoms with Gasteiger partial charge in [0.15, 0.2) is 18.1 Å². The molecule has 0 fully saturated rings. The summed E-state index contributed by atoms with van der Waals surface area (Å²) in [5.74, 6) is 0.649. The lowest BCUT2D eigenvalue weighted by Crippen LogP contribution is -2.30. The van der Waals surface area contributed by atoms with E-state index in [0.717, 1.165) is 17.8 Å². The van der Waals surface area contributed by atoms with Crippen molar-refractivity contribution in [3.63, 3.8) is 0 Å². The van der Waals surface area contributed by atoms with Crippen molar-refractivity contribution < 1.29 is 19.1 Å². The Hall–Kier alpha value is -3.22. The molecule has 0 saturated heterocycles. The van der Waals surface area contributed by atoms with Crippen LogP contribution in [0.5, 0.6) is 11.5 Å². The molecular formula is C24H33N3O4. The molecule has 2 amide bonds. The van der Waals surface area contributed by atoms with Crippen LogP contribution in [0.4, 0.5) is 5.69 Å². The Bertz CT molecular complexity index is 866. The van der Waals surface area contributed by atoms with Crippen molar-refractivity contribution >= 4 is 17.5 Å². The standard InChI is InChI=1S/C24H33N3O4/c1-6-25-23(28)16-31-21-13-8-18(14-22(21)30-5)15-26-24(29)19-9-11-20(12-10-19)27(7-2)17(3)4/h8-14,17H,6-7,15-16H2,1-5H3,(H,25,28)(H,26,29). The van der Waals surface area contributed by atoms with Gasteiger partial charge in [0.1, 0.15) is 0 Å². The molecular weight excluding hydrogens is 394 g/mol. The van der Waals surface area contributed by atoms with Crippen LogP contribution in [-0.2, 0) is 11.3 Å². The SMILES string of the molecule is CCNC(=O)COc1ccc(CNC(=O)c2ccc(N(CC)C(C)C)cc2)cc1OC. The quantitative estimate of drug-likeness (QED) is 0.575. The van der Waals surface area contributed by atoms with Crippen molar-refractivity contribution in [2.45, 2.75) is 40.3 Å². The van der Waals surface area contributed by atoms with E-state index in [1.165, 1.54) is 7.11 Å². The van der Waals surface area contributed by atoms with E-state index in [2.05, 4.69) is 36.3 Å². The van der Waals surface area contributed by atoms with Gasteiger partial charge in [-0.1, -0.05) is 6.07 Å². The number of hydrogen-bond acceptors (Lipinski definition) is 5. The molecule has 0 unspecified atom stereocenters. The molecule has 0 bridgehead atoms. The van der Waals surface area contributed by atoms with Gasteiger partial charge in [-0.25, -0.2) is 0 Å². The number of rotatable bonds is 11. The number of nitrogens with zero attached hydrogens (tertiary/aromatic N) is 1. The minimum Gasteiger partial charge on any atom is -0.493 e. The molecule has 0 aliphatic rings. The second-order valence-electron chi connectivity index (χ2n) is 7.34. The third kappa shape index (κ3) is 6.91. The maximum atomic E-state index is 12.5. The highest BCUT2D eigenvalue weighted by Crippen LogP contribution is 2.28. The first-order valence-corrected chi connectivity index (χ1v) is 10.6. The van der Waals surface area contributed by atoms with Gasteiger partial charge < -0.3 is 25.0 Å². The second kappa shape index (κ2) is 11.8. The van der Waals surface area contributed by atoms with Crippen LogP contribution in [0.3, 0.4) is 0 Å². The Labute approximate surface area is 184 Å². The molecule has 0 radical (unpaired) electrons. The van der Waals surface area contributed by atoms with Crippen molar-refractivity contribution in [2.75, 3.05) is 31.7 Å². The van der Waals surface area contributed by atoms with Gasteiger partial charge in [0.2, 0.25) is 0 Å². The molecule has 168 valence electrons. The summed E-state index contributed by atoms with van der Waals surface area (Å²) in [7, 11) is 1.54. The van der Waals surface area contributed by atoms with Crippen LogP contribution >= 0.6 is 0 Å². The maximum Gasteiger partial charge on any atom is 0.257 e. The predicted molar refractivity (Wildman–Crippen MR) is 123 cm³/mol. The van der Waals surface area contributed by atoms with E-state index in [1.54, 1.807) is 12.1 Å². The number of anilines is 1. The Balaban J connectivity index is 1.97. The first-order chi connectivity index (χ1) is 14.9. The van der Waals surface area contributed by atoms with Crippen LogP contribution in [0.1, 0.15) is 43.6 Å². The number of ether oxygens (including phenoxy) is 2. The van der Waals surface area contributed by atoms with E-state index in [0.29, 0.717) is 36.2 Å². The van der Waals surface area contributed by atoms with Crippen LogP contribution in [0, 0.1) is 0 Å². The zero-order valence-electron chi connectivity index (χ0n) is 19.0. The summed E-state index contributed by atoms with van der Waals surface area (Å²) in [4.78, 5) is 26.4. The Morgan fingerprint density at radius 2 is 1.71 bits per heavy atom. The van der Waals surface area contributed by atoms with E-state index in [4.69, 9.17) is 9.47 Å². The largest absolute Gasteiger partial charge is 0.493 e. The monoisotopic (exact) mass is 427 g/mol. The third-order valence-electron chi connectivity index (χ3n) is 4.84. The molecule has 2 aromatic rings. The van der Waals surface area contributed by atoms with Gasteiger partial charge in [0, 0.05) is 36.9 Å². The number of nitrogens with one attached hydrogen (secondary N) is 2. The average Bonchev–Trinajstić information content (AvgIpc) is 2.77. The van der Waals surface area contributed by atoms with Crippen LogP contribution in [0.25, 0.3) is 0 Å². The lowest BCUT2D eigenvalue weighted by molar-refractivity contribution is -0.123. The molecule has 7 heteroatoms. The summed E-state index contributed by atoms with van der Waals surface area (Å²) < 4.78 is 10.9. The first kappa shape index (κ1) is 24.1. The average molecular weight is 428 g/mol. The van der Waals surface area contributed by atoms with E-state index in [9.17, 15) is 9.59 Å². The zero-order valence-corrected chi connectivity index (χ0v) is 19.0. The number of amides is 2. The van der Waals surface area contributed by atoms with Crippen LogP contribution in [0.15, 0.2) is 42.5 Å². The first-order valence-electron chi connectivity index (χ1n) is 10.6. The highest BCUT2D eigenvalue weighted by molar-refractivity contribution is 5.94. The van der Waals surface area contributed by atoms with Crippen molar-refractivity contribution in [1.29, 1.82) is 0 Å². The third-order valence-corrected chi connectivity index (χ3v) is 4.84. The summed E-state index contributed by atoms with van der Waals surface area (Å²) in [6.45, 7) is 9.99. The van der Waals surface area contributed by atoms with E-state index >= 15 is 0 Å². The Morgan fingerprint density at radius 1 is 1.00 bits per heavy atom. The highest BCUT2D eigenvalue weighted by atomic mass is 16.5. The van der Waals surface area contributed by atoms with Gasteiger partial charge in [-0.05, 0) is 69.7 Å². The van der Waals surface area contributed by atoms with Gasteiger partial charge in [-0.3, -0.25) is 9.59 Å². The van der Waals surface area contributed by atoms with Gasteiger partial charge >= 0.3 is 0 Å². The number of methoxy groups -OCH3 is 1. The smallest absolute Gasteiger partial charge is 0.257 e. The van der Waals surface area contributed by atoms with Gasteiger partial charge in [0.25, 0.3) is 11.8 Å². The topological polar surface area (TPSA) is 79.9 Å². The normalized spacial score (nSPS) is 10.5. The van der Waals surface area contributed by atoms with Crippen molar-refractivity contribution in [3.8, 4) is 11.5 Å². The minimum atomic E-state index is -0.192. The number of carbonyl (C=O) groups is 2. The van der Waals surface area contributed by atoms with Gasteiger partial charge in [-0.15, -0.1) is 0 Å². The van der Waals surface area contributed by atoms with Crippen LogP contribution in [0.2, 0.25) is 0 Å². The van der Waals surface area contributed by atoms with Gasteiger partial charge in [-0.2, -0.15) is 0 Å². The molecule has 2 N–H and O–H groups in total. The molecule has 0 aliphatic heterocycles. The van der Waals surface area contributed by atoms with E-state index in [-0.39, 0.29) is 18.4 Å². The highest BCUT2D eigenvalue weighted by Gasteiger charge is 2.12. The Kier molecular flexibility index (Phi) is 9.18. The summed E-state index contributed by atoms with van der Waals surface area (Å²) in [5, 5.41) is 5.60. The van der Waals surface area contributed by atoms with E-state index in [1.807, 2.05) is 37.3 Å². The second-order valence-corrected chi connectivity index (χ2v) is 7.34. The minimum absolute atomic E-state index is 0.0808. The molecule has 2 rings (SSSR count). The van der Waals surface area contributed by atoms with Gasteiger partial charge in [0.05, 0.1) is 7.11 Å². The summed E-state index contributed by atoms with van der Waals surface area (Å²) in [5.41, 5.74) is 2.57. The lowest BCUT2D eigenvalue weighted by atomic mass is 10.1. The fourth-order valence-corrected chi connectivity index (χ4v) is 3.27. The molecule has 0 saturated carbocycles. The van der Waals surface area contributed by atoms with Crippen LogP contribution < -0.4 is 25.0 Å². The number of likely N-dealkylation sites (N-methyl/N-ethyl adjacent to an activating group) is 1. The lowest BCUT2D eigenvalue weighted by Gasteiger charge is -2.27.